The minimum absolute atomic E-state index is 0.313. The van der Waals surface area contributed by atoms with Gasteiger partial charge in [0.25, 0.3) is 5.91 Å². The van der Waals surface area contributed by atoms with E-state index < -0.39 is 6.10 Å². The van der Waals surface area contributed by atoms with Crippen LogP contribution < -0.4 is 4.90 Å². The highest BCUT2D eigenvalue weighted by atomic mass is 16.3. The summed E-state index contributed by atoms with van der Waals surface area (Å²) >= 11 is 0. The van der Waals surface area contributed by atoms with Crippen LogP contribution in [0.1, 0.15) is 6.92 Å². The molecular weight excluding hydrogens is 238 g/mol. The van der Waals surface area contributed by atoms with Gasteiger partial charge in [0, 0.05) is 12.7 Å². The highest BCUT2D eigenvalue weighted by Crippen LogP contribution is 2.22. The second-order valence-electron chi connectivity index (χ2n) is 4.49. The summed E-state index contributed by atoms with van der Waals surface area (Å²) in [5.74, 6) is -0.313. The van der Waals surface area contributed by atoms with E-state index >= 15 is 0 Å². The third-order valence-corrected chi connectivity index (χ3v) is 3.05. The quantitative estimate of drug-likeness (QED) is 0.916. The Kier molecular flexibility index (Phi) is 3.97. The molecule has 1 atom stereocenters. The van der Waals surface area contributed by atoms with Crippen LogP contribution in [0.5, 0.6) is 0 Å². The van der Waals surface area contributed by atoms with Crippen molar-refractivity contribution in [2.45, 2.75) is 13.0 Å². The van der Waals surface area contributed by atoms with E-state index in [-0.39, 0.29) is 5.91 Å². The van der Waals surface area contributed by atoms with E-state index in [9.17, 15) is 9.90 Å². The monoisotopic (exact) mass is 255 g/mol. The van der Waals surface area contributed by atoms with Gasteiger partial charge in [-0.3, -0.25) is 4.79 Å². The summed E-state index contributed by atoms with van der Waals surface area (Å²) in [5.41, 5.74) is 3.01. The Hall–Kier alpha value is -2.13. The molecule has 1 N–H and O–H groups in total. The Morgan fingerprint density at radius 2 is 1.53 bits per heavy atom. The first-order valence-electron chi connectivity index (χ1n) is 6.20. The Morgan fingerprint density at radius 3 is 2.05 bits per heavy atom. The summed E-state index contributed by atoms with van der Waals surface area (Å²) in [7, 11) is 1.66. The summed E-state index contributed by atoms with van der Waals surface area (Å²) in [4.78, 5) is 13.1. The second kappa shape index (κ2) is 5.67. The molecule has 0 aliphatic rings. The van der Waals surface area contributed by atoms with Crippen LogP contribution in [0.4, 0.5) is 5.69 Å². The van der Waals surface area contributed by atoms with Gasteiger partial charge in [0.05, 0.1) is 0 Å². The van der Waals surface area contributed by atoms with E-state index in [0.717, 1.165) is 16.8 Å². The zero-order valence-corrected chi connectivity index (χ0v) is 11.1. The van der Waals surface area contributed by atoms with E-state index in [1.54, 1.807) is 7.05 Å². The highest BCUT2D eigenvalue weighted by Gasteiger charge is 2.15. The molecule has 1 amide bonds. The molecule has 0 aromatic heterocycles. The second-order valence-corrected chi connectivity index (χ2v) is 4.49. The average molecular weight is 255 g/mol. The fourth-order valence-electron chi connectivity index (χ4n) is 1.92. The Labute approximate surface area is 113 Å². The Balaban J connectivity index is 2.22. The number of hydrogen-bond donors (Lipinski definition) is 1. The first kappa shape index (κ1) is 13.3. The molecule has 0 spiro atoms. The van der Waals surface area contributed by atoms with Gasteiger partial charge in [-0.25, -0.2) is 0 Å². The topological polar surface area (TPSA) is 40.5 Å². The van der Waals surface area contributed by atoms with Crippen molar-refractivity contribution in [3.63, 3.8) is 0 Å². The van der Waals surface area contributed by atoms with Crippen LogP contribution in [0.3, 0.4) is 0 Å². The number of aliphatic hydroxyl groups is 1. The maximum atomic E-state index is 11.7. The summed E-state index contributed by atoms with van der Waals surface area (Å²) in [6.45, 7) is 1.47. The molecule has 1 unspecified atom stereocenters. The molecule has 0 fully saturated rings. The molecule has 0 radical (unpaired) electrons. The number of nitrogens with zero attached hydrogens (tertiary/aromatic N) is 1. The van der Waals surface area contributed by atoms with E-state index in [4.69, 9.17) is 0 Å². The largest absolute Gasteiger partial charge is 0.384 e. The van der Waals surface area contributed by atoms with Crippen molar-refractivity contribution in [3.8, 4) is 11.1 Å². The number of likely N-dealkylation sites (N-methyl/N-ethyl adjacent to an activating group) is 1. The van der Waals surface area contributed by atoms with Crippen molar-refractivity contribution >= 4 is 11.6 Å². The number of hydrogen-bond acceptors (Lipinski definition) is 2. The molecule has 19 heavy (non-hydrogen) atoms. The van der Waals surface area contributed by atoms with Gasteiger partial charge in [0.15, 0.2) is 0 Å². The van der Waals surface area contributed by atoms with E-state index in [1.807, 2.05) is 54.6 Å². The summed E-state index contributed by atoms with van der Waals surface area (Å²) in [6, 6.07) is 17.7. The molecule has 0 heterocycles. The van der Waals surface area contributed by atoms with Crippen LogP contribution in [-0.2, 0) is 4.79 Å². The lowest BCUT2D eigenvalue weighted by atomic mass is 10.1. The zero-order valence-electron chi connectivity index (χ0n) is 11.1. The number of benzene rings is 2. The molecule has 0 saturated carbocycles. The minimum atomic E-state index is -0.987. The zero-order chi connectivity index (χ0) is 13.8. The van der Waals surface area contributed by atoms with E-state index in [2.05, 4.69) is 0 Å². The highest BCUT2D eigenvalue weighted by molar-refractivity contribution is 5.95. The molecule has 2 aromatic rings. The molecule has 3 nitrogen and oxygen atoms in total. The normalized spacial score (nSPS) is 11.9. The predicted molar refractivity (Wildman–Crippen MR) is 77.0 cm³/mol. The van der Waals surface area contributed by atoms with Crippen molar-refractivity contribution in [2.24, 2.45) is 0 Å². The van der Waals surface area contributed by atoms with Gasteiger partial charge >= 0.3 is 0 Å². The Bertz CT molecular complexity index is 547. The van der Waals surface area contributed by atoms with Gasteiger partial charge in [0.1, 0.15) is 6.10 Å². The smallest absolute Gasteiger partial charge is 0.255 e. The number of aliphatic hydroxyl groups excluding tert-OH is 1. The fourth-order valence-corrected chi connectivity index (χ4v) is 1.92. The van der Waals surface area contributed by atoms with Crippen molar-refractivity contribution in [1.29, 1.82) is 0 Å². The summed E-state index contributed by atoms with van der Waals surface area (Å²) in [6.07, 6.45) is -0.987. The standard InChI is InChI=1S/C16H17NO2/c1-12(18)16(19)17(2)15-10-8-14(9-11-15)13-6-4-3-5-7-13/h3-12,18H,1-2H3. The number of anilines is 1. The third kappa shape index (κ3) is 3.01. The molecule has 2 aromatic carbocycles. The first-order chi connectivity index (χ1) is 9.09. The van der Waals surface area contributed by atoms with E-state index in [1.165, 1.54) is 11.8 Å². The van der Waals surface area contributed by atoms with Crippen molar-refractivity contribution in [3.05, 3.63) is 54.6 Å². The molecule has 0 bridgehead atoms. The van der Waals surface area contributed by atoms with Crippen LogP contribution in [0.25, 0.3) is 11.1 Å². The van der Waals surface area contributed by atoms with Crippen LogP contribution in [0, 0.1) is 0 Å². The Morgan fingerprint density at radius 1 is 1.00 bits per heavy atom. The van der Waals surface area contributed by atoms with Crippen LogP contribution in [0.2, 0.25) is 0 Å². The molecule has 3 heteroatoms. The SMILES string of the molecule is CC(O)C(=O)N(C)c1ccc(-c2ccccc2)cc1. The number of carbonyl (C=O) groups is 1. The molecule has 98 valence electrons. The molecule has 0 aliphatic heterocycles. The van der Waals surface area contributed by atoms with Crippen LogP contribution in [0.15, 0.2) is 54.6 Å². The van der Waals surface area contributed by atoms with Crippen LogP contribution in [-0.4, -0.2) is 24.2 Å². The molecular formula is C16H17NO2. The molecule has 0 saturated heterocycles. The minimum Gasteiger partial charge on any atom is -0.384 e. The van der Waals surface area contributed by atoms with Gasteiger partial charge < -0.3 is 10.0 Å². The van der Waals surface area contributed by atoms with Crippen molar-refractivity contribution in [1.82, 2.24) is 0 Å². The van der Waals surface area contributed by atoms with Crippen molar-refractivity contribution in [2.75, 3.05) is 11.9 Å². The van der Waals surface area contributed by atoms with Gasteiger partial charge in [-0.2, -0.15) is 0 Å². The van der Waals surface area contributed by atoms with Crippen molar-refractivity contribution < 1.29 is 9.90 Å². The van der Waals surface area contributed by atoms with Gasteiger partial charge in [0.2, 0.25) is 0 Å². The molecule has 2 rings (SSSR count). The first-order valence-corrected chi connectivity index (χ1v) is 6.20. The number of rotatable bonds is 3. The molecule has 0 aliphatic carbocycles. The van der Waals surface area contributed by atoms with Gasteiger partial charge in [-0.15, -0.1) is 0 Å². The lowest BCUT2D eigenvalue weighted by Gasteiger charge is -2.19. The summed E-state index contributed by atoms with van der Waals surface area (Å²) in [5, 5.41) is 9.29. The van der Waals surface area contributed by atoms with E-state index in [0.29, 0.717) is 0 Å². The third-order valence-electron chi connectivity index (χ3n) is 3.05. The maximum Gasteiger partial charge on any atom is 0.255 e. The lowest BCUT2D eigenvalue weighted by molar-refractivity contribution is -0.125. The lowest BCUT2D eigenvalue weighted by Crippen LogP contribution is -2.34. The van der Waals surface area contributed by atoms with Gasteiger partial charge in [-0.1, -0.05) is 42.5 Å². The van der Waals surface area contributed by atoms with Gasteiger partial charge in [-0.05, 0) is 30.2 Å². The summed E-state index contributed by atoms with van der Waals surface area (Å²) < 4.78 is 0. The predicted octanol–water partition coefficient (Wildman–Crippen LogP) is 2.70. The number of carbonyl (C=O) groups excluding carboxylic acids is 1. The van der Waals surface area contributed by atoms with Crippen LogP contribution >= 0.6 is 0 Å². The fraction of sp³-hybridized carbons (Fsp3) is 0.188. The number of amides is 1. The average Bonchev–Trinajstić information content (AvgIpc) is 2.46. The maximum absolute atomic E-state index is 11.7.